The summed E-state index contributed by atoms with van der Waals surface area (Å²) in [6.07, 6.45) is 1.05. The number of aryl methyl sites for hydroxylation is 1. The molecule has 0 bridgehead atoms. The lowest BCUT2D eigenvalue weighted by Crippen LogP contribution is -2.02. The second kappa shape index (κ2) is 6.36. The second-order valence-corrected chi connectivity index (χ2v) is 6.44. The lowest BCUT2D eigenvalue weighted by molar-refractivity contribution is 0.103. The highest BCUT2D eigenvalue weighted by Crippen LogP contribution is 2.20. The Morgan fingerprint density at radius 1 is 1.05 bits per heavy atom. The standard InChI is InChI=1S/C18H19BrO/c1-12(2)10-14-5-8-15(9-6-14)18(20)16-7-4-13(3)17(19)11-16/h4-9,11-12H,10H2,1-3H3. The molecule has 2 aromatic carbocycles. The summed E-state index contributed by atoms with van der Waals surface area (Å²) in [5.74, 6) is 0.700. The monoisotopic (exact) mass is 330 g/mol. The van der Waals surface area contributed by atoms with Gasteiger partial charge in [-0.15, -0.1) is 0 Å². The number of ketones is 1. The molecule has 0 heterocycles. The van der Waals surface area contributed by atoms with E-state index in [-0.39, 0.29) is 5.78 Å². The lowest BCUT2D eigenvalue weighted by Gasteiger charge is -2.07. The number of hydrogen-bond acceptors (Lipinski definition) is 1. The zero-order valence-corrected chi connectivity index (χ0v) is 13.7. The van der Waals surface area contributed by atoms with Crippen molar-refractivity contribution in [3.63, 3.8) is 0 Å². The fraction of sp³-hybridized carbons (Fsp3) is 0.278. The molecule has 0 amide bonds. The van der Waals surface area contributed by atoms with E-state index >= 15 is 0 Å². The molecule has 20 heavy (non-hydrogen) atoms. The summed E-state index contributed by atoms with van der Waals surface area (Å²) >= 11 is 3.47. The van der Waals surface area contributed by atoms with Gasteiger partial charge in [0.05, 0.1) is 0 Å². The average molecular weight is 331 g/mol. The molecule has 0 spiro atoms. The van der Waals surface area contributed by atoms with E-state index in [2.05, 4.69) is 41.9 Å². The first kappa shape index (κ1) is 15.0. The van der Waals surface area contributed by atoms with E-state index in [1.165, 1.54) is 5.56 Å². The third kappa shape index (κ3) is 3.57. The van der Waals surface area contributed by atoms with Crippen LogP contribution < -0.4 is 0 Å². The van der Waals surface area contributed by atoms with Crippen molar-refractivity contribution in [1.82, 2.24) is 0 Å². The van der Waals surface area contributed by atoms with Gasteiger partial charge in [0.15, 0.2) is 5.78 Å². The van der Waals surface area contributed by atoms with Crippen LogP contribution in [0.5, 0.6) is 0 Å². The van der Waals surface area contributed by atoms with Crippen molar-refractivity contribution in [2.45, 2.75) is 27.2 Å². The fourth-order valence-electron chi connectivity index (χ4n) is 2.16. The maximum atomic E-state index is 12.4. The molecule has 1 nitrogen and oxygen atoms in total. The first-order valence-electron chi connectivity index (χ1n) is 6.87. The van der Waals surface area contributed by atoms with Gasteiger partial charge in [-0.3, -0.25) is 4.79 Å². The molecule has 0 fully saturated rings. The summed E-state index contributed by atoms with van der Waals surface area (Å²) in [5, 5.41) is 0. The molecule has 0 aliphatic carbocycles. The predicted molar refractivity (Wildman–Crippen MR) is 87.3 cm³/mol. The molecule has 0 radical (unpaired) electrons. The quantitative estimate of drug-likeness (QED) is 0.705. The summed E-state index contributed by atoms with van der Waals surface area (Å²) in [6.45, 7) is 6.41. The number of benzene rings is 2. The van der Waals surface area contributed by atoms with Crippen molar-refractivity contribution in [2.24, 2.45) is 5.92 Å². The molecule has 0 aromatic heterocycles. The molecule has 0 aliphatic heterocycles. The molecule has 2 rings (SSSR count). The Morgan fingerprint density at radius 3 is 2.20 bits per heavy atom. The Hall–Kier alpha value is -1.41. The number of carbonyl (C=O) groups excluding carboxylic acids is 1. The number of carbonyl (C=O) groups is 1. The van der Waals surface area contributed by atoms with Crippen LogP contribution in [-0.4, -0.2) is 5.78 Å². The maximum absolute atomic E-state index is 12.4. The van der Waals surface area contributed by atoms with Gasteiger partial charge in [0, 0.05) is 15.6 Å². The van der Waals surface area contributed by atoms with Crippen LogP contribution in [0.15, 0.2) is 46.9 Å². The van der Waals surface area contributed by atoms with Gasteiger partial charge in [-0.05, 0) is 36.5 Å². The summed E-state index contributed by atoms with van der Waals surface area (Å²) in [4.78, 5) is 12.4. The molecule has 2 heteroatoms. The van der Waals surface area contributed by atoms with Crippen LogP contribution in [0.3, 0.4) is 0 Å². The summed E-state index contributed by atoms with van der Waals surface area (Å²) in [7, 11) is 0. The van der Waals surface area contributed by atoms with E-state index in [0.29, 0.717) is 5.92 Å². The number of rotatable bonds is 4. The van der Waals surface area contributed by atoms with Gasteiger partial charge in [0.2, 0.25) is 0 Å². The third-order valence-electron chi connectivity index (χ3n) is 3.29. The fourth-order valence-corrected chi connectivity index (χ4v) is 2.54. The van der Waals surface area contributed by atoms with E-state index in [0.717, 1.165) is 27.6 Å². The molecule has 0 saturated carbocycles. The van der Waals surface area contributed by atoms with Gasteiger partial charge < -0.3 is 0 Å². The molecule has 0 N–H and O–H groups in total. The first-order chi connectivity index (χ1) is 9.47. The van der Waals surface area contributed by atoms with Crippen LogP contribution in [0.25, 0.3) is 0 Å². The first-order valence-corrected chi connectivity index (χ1v) is 7.66. The summed E-state index contributed by atoms with van der Waals surface area (Å²) in [5.41, 5.74) is 3.88. The maximum Gasteiger partial charge on any atom is 0.193 e. The highest BCUT2D eigenvalue weighted by molar-refractivity contribution is 9.10. The van der Waals surface area contributed by atoms with Gasteiger partial charge in [-0.1, -0.05) is 66.2 Å². The van der Waals surface area contributed by atoms with Crippen molar-refractivity contribution in [1.29, 1.82) is 0 Å². The van der Waals surface area contributed by atoms with Gasteiger partial charge in [-0.2, -0.15) is 0 Å². The van der Waals surface area contributed by atoms with Crippen LogP contribution in [0.2, 0.25) is 0 Å². The van der Waals surface area contributed by atoms with Crippen LogP contribution >= 0.6 is 15.9 Å². The zero-order chi connectivity index (χ0) is 14.7. The molecular weight excluding hydrogens is 312 g/mol. The molecule has 0 saturated heterocycles. The Morgan fingerprint density at radius 2 is 1.65 bits per heavy atom. The summed E-state index contributed by atoms with van der Waals surface area (Å²) in [6, 6.07) is 13.7. The van der Waals surface area contributed by atoms with Crippen molar-refractivity contribution < 1.29 is 4.79 Å². The van der Waals surface area contributed by atoms with Crippen molar-refractivity contribution in [3.05, 3.63) is 69.2 Å². The third-order valence-corrected chi connectivity index (χ3v) is 4.15. The van der Waals surface area contributed by atoms with Crippen LogP contribution in [0.4, 0.5) is 0 Å². The highest BCUT2D eigenvalue weighted by Gasteiger charge is 2.10. The Balaban J connectivity index is 2.22. The Labute approximate surface area is 129 Å². The van der Waals surface area contributed by atoms with Crippen molar-refractivity contribution >= 4 is 21.7 Å². The van der Waals surface area contributed by atoms with Crippen LogP contribution in [0.1, 0.15) is 40.9 Å². The summed E-state index contributed by atoms with van der Waals surface area (Å²) < 4.78 is 0.972. The molecule has 104 valence electrons. The second-order valence-electron chi connectivity index (χ2n) is 5.59. The van der Waals surface area contributed by atoms with Gasteiger partial charge >= 0.3 is 0 Å². The zero-order valence-electron chi connectivity index (χ0n) is 12.1. The number of halogens is 1. The number of hydrogen-bond donors (Lipinski definition) is 0. The van der Waals surface area contributed by atoms with E-state index in [4.69, 9.17) is 0 Å². The normalized spacial score (nSPS) is 10.8. The molecular formula is C18H19BrO. The highest BCUT2D eigenvalue weighted by atomic mass is 79.9. The topological polar surface area (TPSA) is 17.1 Å². The van der Waals surface area contributed by atoms with Gasteiger partial charge in [0.25, 0.3) is 0 Å². The molecule has 0 atom stereocenters. The largest absolute Gasteiger partial charge is 0.289 e. The molecule has 0 unspecified atom stereocenters. The van der Waals surface area contributed by atoms with Crippen LogP contribution in [0, 0.1) is 12.8 Å². The van der Waals surface area contributed by atoms with Crippen molar-refractivity contribution in [3.8, 4) is 0 Å². The molecule has 0 aliphatic rings. The van der Waals surface area contributed by atoms with E-state index < -0.39 is 0 Å². The predicted octanol–water partition coefficient (Wildman–Crippen LogP) is 5.19. The Kier molecular flexibility index (Phi) is 4.77. The van der Waals surface area contributed by atoms with Crippen LogP contribution in [-0.2, 0) is 6.42 Å². The SMILES string of the molecule is Cc1ccc(C(=O)c2ccc(CC(C)C)cc2)cc1Br. The van der Waals surface area contributed by atoms with Gasteiger partial charge in [0.1, 0.15) is 0 Å². The minimum Gasteiger partial charge on any atom is -0.289 e. The minimum atomic E-state index is 0.0711. The van der Waals surface area contributed by atoms with Crippen molar-refractivity contribution in [2.75, 3.05) is 0 Å². The van der Waals surface area contributed by atoms with E-state index in [1.54, 1.807) is 0 Å². The van der Waals surface area contributed by atoms with Gasteiger partial charge in [-0.25, -0.2) is 0 Å². The lowest BCUT2D eigenvalue weighted by atomic mass is 9.98. The van der Waals surface area contributed by atoms with E-state index in [9.17, 15) is 4.79 Å². The smallest absolute Gasteiger partial charge is 0.193 e. The Bertz CT molecular complexity index is 612. The minimum absolute atomic E-state index is 0.0711. The average Bonchev–Trinajstić information content (AvgIpc) is 2.41. The van der Waals surface area contributed by atoms with E-state index in [1.807, 2.05) is 37.3 Å². The molecule has 2 aromatic rings.